The van der Waals surface area contributed by atoms with E-state index in [4.69, 9.17) is 9.52 Å². The zero-order valence-corrected chi connectivity index (χ0v) is 11.6. The van der Waals surface area contributed by atoms with E-state index in [1.807, 2.05) is 17.8 Å². The average Bonchev–Trinajstić information content (AvgIpc) is 2.71. The van der Waals surface area contributed by atoms with E-state index in [9.17, 15) is 4.79 Å². The van der Waals surface area contributed by atoms with Crippen molar-refractivity contribution in [2.75, 3.05) is 19.3 Å². The maximum Gasteiger partial charge on any atom is 0.372 e. The highest BCUT2D eigenvalue weighted by molar-refractivity contribution is 7.99. The van der Waals surface area contributed by atoms with E-state index in [2.05, 4.69) is 11.2 Å². The van der Waals surface area contributed by atoms with Crippen LogP contribution in [0.5, 0.6) is 0 Å². The lowest BCUT2D eigenvalue weighted by molar-refractivity contribution is 0.0657. The van der Waals surface area contributed by atoms with Crippen molar-refractivity contribution in [3.05, 3.63) is 23.2 Å². The molecule has 1 fully saturated rings. The molecule has 1 N–H and O–H groups in total. The molecule has 5 heteroatoms. The maximum atomic E-state index is 10.9. The summed E-state index contributed by atoms with van der Waals surface area (Å²) in [5.41, 5.74) is 0.705. The van der Waals surface area contributed by atoms with Gasteiger partial charge in [-0.2, -0.15) is 11.8 Å². The van der Waals surface area contributed by atoms with Gasteiger partial charge in [0.2, 0.25) is 5.76 Å². The summed E-state index contributed by atoms with van der Waals surface area (Å²) < 4.78 is 5.39. The number of piperidine rings is 1. The highest BCUT2D eigenvalue weighted by Crippen LogP contribution is 2.23. The molecule has 1 aliphatic heterocycles. The third kappa shape index (κ3) is 3.09. The smallest absolute Gasteiger partial charge is 0.372 e. The lowest BCUT2D eigenvalue weighted by Gasteiger charge is -2.30. The lowest BCUT2D eigenvalue weighted by atomic mass is 10.1. The Morgan fingerprint density at radius 2 is 2.22 bits per heavy atom. The number of aromatic carboxylic acids is 1. The summed E-state index contributed by atoms with van der Waals surface area (Å²) in [6.07, 6.45) is 4.56. The number of likely N-dealkylation sites (tertiary alicyclic amines) is 1. The van der Waals surface area contributed by atoms with Crippen molar-refractivity contribution in [3.63, 3.8) is 0 Å². The predicted octanol–water partition coefficient (Wildman–Crippen LogP) is 2.61. The van der Waals surface area contributed by atoms with Crippen molar-refractivity contribution in [1.82, 2.24) is 4.90 Å². The summed E-state index contributed by atoms with van der Waals surface area (Å²) in [7, 11) is 0. The quantitative estimate of drug-likeness (QED) is 0.910. The first kappa shape index (κ1) is 13.5. The molecule has 1 aliphatic rings. The molecular weight excluding hydrogens is 250 g/mol. The van der Waals surface area contributed by atoms with Crippen LogP contribution >= 0.6 is 11.8 Å². The van der Waals surface area contributed by atoms with Gasteiger partial charge >= 0.3 is 5.97 Å². The first-order valence-corrected chi connectivity index (χ1v) is 7.46. The van der Waals surface area contributed by atoms with Gasteiger partial charge in [0.05, 0.1) is 6.54 Å². The normalized spacial score (nSPS) is 18.1. The molecule has 0 aromatic carbocycles. The topological polar surface area (TPSA) is 53.7 Å². The Morgan fingerprint density at radius 3 is 2.72 bits per heavy atom. The minimum Gasteiger partial charge on any atom is -0.475 e. The zero-order valence-electron chi connectivity index (χ0n) is 10.8. The molecule has 1 aromatic heterocycles. The average molecular weight is 269 g/mol. The van der Waals surface area contributed by atoms with Crippen LogP contribution in [0.2, 0.25) is 0 Å². The van der Waals surface area contributed by atoms with E-state index < -0.39 is 5.97 Å². The van der Waals surface area contributed by atoms with Gasteiger partial charge in [0, 0.05) is 10.8 Å². The van der Waals surface area contributed by atoms with Gasteiger partial charge in [-0.3, -0.25) is 4.90 Å². The molecule has 0 amide bonds. The van der Waals surface area contributed by atoms with Crippen LogP contribution in [0.15, 0.2) is 10.5 Å². The van der Waals surface area contributed by atoms with Gasteiger partial charge in [-0.05, 0) is 45.2 Å². The van der Waals surface area contributed by atoms with E-state index >= 15 is 0 Å². The van der Waals surface area contributed by atoms with Crippen LogP contribution in [-0.4, -0.2) is 40.6 Å². The lowest BCUT2D eigenvalue weighted by Crippen LogP contribution is -2.34. The molecular formula is C13H19NO3S. The molecule has 0 unspecified atom stereocenters. The number of aryl methyl sites for hydroxylation is 1. The fourth-order valence-electron chi connectivity index (χ4n) is 2.36. The summed E-state index contributed by atoms with van der Waals surface area (Å²) in [6, 6.07) is 1.84. The summed E-state index contributed by atoms with van der Waals surface area (Å²) in [5.74, 6) is -0.156. The maximum absolute atomic E-state index is 10.9. The SMILES string of the molecule is CSC1CCN(Cc2cc(C)c(C(=O)O)o2)CC1. The fourth-order valence-corrected chi connectivity index (χ4v) is 3.04. The Hall–Kier alpha value is -0.940. The van der Waals surface area contributed by atoms with E-state index in [1.165, 1.54) is 12.8 Å². The van der Waals surface area contributed by atoms with Crippen molar-refractivity contribution in [3.8, 4) is 0 Å². The first-order valence-electron chi connectivity index (χ1n) is 6.18. The molecule has 100 valence electrons. The second kappa shape index (κ2) is 5.80. The van der Waals surface area contributed by atoms with Crippen LogP contribution in [0.3, 0.4) is 0 Å². The Labute approximate surface area is 111 Å². The number of furan rings is 1. The summed E-state index contributed by atoms with van der Waals surface area (Å²) in [4.78, 5) is 13.2. The number of carboxylic acids is 1. The molecule has 0 atom stereocenters. The Morgan fingerprint density at radius 1 is 1.56 bits per heavy atom. The summed E-state index contributed by atoms with van der Waals surface area (Å²) >= 11 is 1.94. The molecule has 2 rings (SSSR count). The number of hydrogen-bond acceptors (Lipinski definition) is 4. The van der Waals surface area contributed by atoms with Crippen LogP contribution in [0.1, 0.15) is 34.7 Å². The van der Waals surface area contributed by atoms with Gasteiger partial charge in [-0.1, -0.05) is 0 Å². The number of thioether (sulfide) groups is 1. The van der Waals surface area contributed by atoms with Crippen LogP contribution in [0.25, 0.3) is 0 Å². The molecule has 1 aromatic rings. The number of carboxylic acid groups (broad SMARTS) is 1. The molecule has 2 heterocycles. The summed E-state index contributed by atoms with van der Waals surface area (Å²) in [5, 5.41) is 9.71. The third-order valence-corrected chi connectivity index (χ3v) is 4.55. The molecule has 0 bridgehead atoms. The van der Waals surface area contributed by atoms with Crippen molar-refractivity contribution in [2.24, 2.45) is 0 Å². The van der Waals surface area contributed by atoms with Crippen molar-refractivity contribution < 1.29 is 14.3 Å². The summed E-state index contributed by atoms with van der Waals surface area (Å²) in [6.45, 7) is 4.62. The van der Waals surface area contributed by atoms with Crippen LogP contribution in [0.4, 0.5) is 0 Å². The molecule has 0 aliphatic carbocycles. The third-order valence-electron chi connectivity index (χ3n) is 3.41. The van der Waals surface area contributed by atoms with Crippen molar-refractivity contribution in [1.29, 1.82) is 0 Å². The second-order valence-electron chi connectivity index (χ2n) is 4.74. The highest BCUT2D eigenvalue weighted by Gasteiger charge is 2.20. The molecule has 0 radical (unpaired) electrons. The fraction of sp³-hybridized carbons (Fsp3) is 0.615. The van der Waals surface area contributed by atoms with Crippen LogP contribution in [-0.2, 0) is 6.54 Å². The van der Waals surface area contributed by atoms with Gasteiger partial charge < -0.3 is 9.52 Å². The van der Waals surface area contributed by atoms with E-state index in [-0.39, 0.29) is 5.76 Å². The van der Waals surface area contributed by atoms with Gasteiger partial charge in [0.1, 0.15) is 5.76 Å². The largest absolute Gasteiger partial charge is 0.475 e. The number of rotatable bonds is 4. The molecule has 1 saturated heterocycles. The highest BCUT2D eigenvalue weighted by atomic mass is 32.2. The molecule has 4 nitrogen and oxygen atoms in total. The van der Waals surface area contributed by atoms with Gasteiger partial charge in [0.15, 0.2) is 0 Å². The van der Waals surface area contributed by atoms with Crippen molar-refractivity contribution in [2.45, 2.75) is 31.6 Å². The Bertz CT molecular complexity index is 422. The van der Waals surface area contributed by atoms with E-state index in [0.29, 0.717) is 5.56 Å². The molecule has 0 saturated carbocycles. The van der Waals surface area contributed by atoms with Crippen LogP contribution < -0.4 is 0 Å². The van der Waals surface area contributed by atoms with E-state index in [0.717, 1.165) is 30.6 Å². The standard InChI is InChI=1S/C13H19NO3S/c1-9-7-10(17-12(9)13(15)16)8-14-5-3-11(18-2)4-6-14/h7,11H,3-6,8H2,1-2H3,(H,15,16). The zero-order chi connectivity index (χ0) is 13.1. The van der Waals surface area contributed by atoms with E-state index in [1.54, 1.807) is 6.92 Å². The number of carbonyl (C=O) groups is 1. The first-order chi connectivity index (χ1) is 8.60. The van der Waals surface area contributed by atoms with Gasteiger partial charge in [-0.25, -0.2) is 4.79 Å². The molecule has 18 heavy (non-hydrogen) atoms. The minimum absolute atomic E-state index is 0.0731. The minimum atomic E-state index is -0.986. The number of hydrogen-bond donors (Lipinski definition) is 1. The molecule has 0 spiro atoms. The van der Waals surface area contributed by atoms with Crippen molar-refractivity contribution >= 4 is 17.7 Å². The monoisotopic (exact) mass is 269 g/mol. The van der Waals surface area contributed by atoms with Gasteiger partial charge in [0.25, 0.3) is 0 Å². The number of nitrogens with zero attached hydrogens (tertiary/aromatic N) is 1. The second-order valence-corrected chi connectivity index (χ2v) is 5.88. The van der Waals surface area contributed by atoms with Gasteiger partial charge in [-0.15, -0.1) is 0 Å². The van der Waals surface area contributed by atoms with Crippen LogP contribution in [0, 0.1) is 6.92 Å². The predicted molar refractivity (Wildman–Crippen MR) is 72.2 cm³/mol. The Balaban J connectivity index is 1.94. The Kier molecular flexibility index (Phi) is 4.35.